The lowest BCUT2D eigenvalue weighted by Crippen LogP contribution is -2.24. The molecule has 31 heavy (non-hydrogen) atoms. The zero-order chi connectivity index (χ0) is 21.4. The molecule has 5 nitrogen and oxygen atoms in total. The number of benzene rings is 3. The van der Waals surface area contributed by atoms with Gasteiger partial charge in [-0.15, -0.1) is 0 Å². The maximum Gasteiger partial charge on any atom is 0.165 e. The summed E-state index contributed by atoms with van der Waals surface area (Å²) in [6.45, 7) is 2.99. The highest BCUT2D eigenvalue weighted by Crippen LogP contribution is 2.40. The molecule has 1 aromatic heterocycles. The Morgan fingerprint density at radius 1 is 1.00 bits per heavy atom. The molecule has 0 radical (unpaired) electrons. The van der Waals surface area contributed by atoms with Gasteiger partial charge in [0.05, 0.1) is 24.2 Å². The van der Waals surface area contributed by atoms with E-state index in [2.05, 4.69) is 42.2 Å². The van der Waals surface area contributed by atoms with Crippen LogP contribution in [0.15, 0.2) is 66.7 Å². The lowest BCUT2D eigenvalue weighted by molar-refractivity contribution is 0.414. The van der Waals surface area contributed by atoms with E-state index in [0.717, 1.165) is 47.4 Å². The zero-order valence-corrected chi connectivity index (χ0v) is 17.7. The predicted molar refractivity (Wildman–Crippen MR) is 124 cm³/mol. The van der Waals surface area contributed by atoms with Crippen molar-refractivity contribution in [2.45, 2.75) is 25.8 Å². The van der Waals surface area contributed by atoms with Crippen LogP contribution in [0, 0.1) is 6.92 Å². The number of hydrogen-bond acceptors (Lipinski definition) is 5. The normalized spacial score (nSPS) is 16.1. The summed E-state index contributed by atoms with van der Waals surface area (Å²) in [6, 6.07) is 22.1. The van der Waals surface area contributed by atoms with Crippen molar-refractivity contribution in [1.29, 1.82) is 0 Å². The Hall–Kier alpha value is -3.60. The second-order valence-corrected chi connectivity index (χ2v) is 8.03. The number of nitrogens with zero attached hydrogens (tertiary/aromatic N) is 3. The van der Waals surface area contributed by atoms with Gasteiger partial charge in [0.15, 0.2) is 5.82 Å². The van der Waals surface area contributed by atoms with Crippen LogP contribution < -0.4 is 9.64 Å². The molecule has 0 aliphatic carbocycles. The minimum absolute atomic E-state index is 0.188. The molecule has 5 heteroatoms. The van der Waals surface area contributed by atoms with E-state index in [1.165, 1.54) is 5.56 Å². The smallest absolute Gasteiger partial charge is 0.165 e. The lowest BCUT2D eigenvalue weighted by atomic mass is 10.0. The summed E-state index contributed by atoms with van der Waals surface area (Å²) in [6.07, 6.45) is 2.16. The molecule has 0 saturated carbocycles. The summed E-state index contributed by atoms with van der Waals surface area (Å²) in [5.41, 5.74) is 3.94. The number of aryl methyl sites for hydroxylation is 1. The molecular formula is C26H25N3O2. The first-order valence-electron chi connectivity index (χ1n) is 10.6. The largest absolute Gasteiger partial charge is 0.507 e. The van der Waals surface area contributed by atoms with E-state index in [-0.39, 0.29) is 11.8 Å². The fourth-order valence-electron chi connectivity index (χ4n) is 4.42. The first kappa shape index (κ1) is 19.4. The molecule has 156 valence electrons. The standard InChI is InChI=1S/C26H25N3O2/c1-17-9-14-20-22(16-17)27-25(21-6-3-4-8-24(21)30)28-26(20)29-15-5-7-23(29)18-10-12-19(31-2)13-11-18/h3-4,6,8-14,16,23,30H,5,7,15H2,1-2H3. The maximum absolute atomic E-state index is 10.4. The third-order valence-corrected chi connectivity index (χ3v) is 6.00. The van der Waals surface area contributed by atoms with Gasteiger partial charge in [0.1, 0.15) is 17.3 Å². The Labute approximate surface area is 182 Å². The van der Waals surface area contributed by atoms with E-state index < -0.39 is 0 Å². The summed E-state index contributed by atoms with van der Waals surface area (Å²) in [4.78, 5) is 12.2. The second-order valence-electron chi connectivity index (χ2n) is 8.03. The Morgan fingerprint density at radius 2 is 1.81 bits per heavy atom. The van der Waals surface area contributed by atoms with Gasteiger partial charge in [-0.2, -0.15) is 0 Å². The molecule has 0 spiro atoms. The summed E-state index contributed by atoms with van der Waals surface area (Å²) in [7, 11) is 1.69. The van der Waals surface area contributed by atoms with Gasteiger partial charge in [0.2, 0.25) is 0 Å². The number of methoxy groups -OCH3 is 1. The maximum atomic E-state index is 10.4. The average molecular weight is 412 g/mol. The number of rotatable bonds is 4. The molecular weight excluding hydrogens is 386 g/mol. The molecule has 2 heterocycles. The lowest BCUT2D eigenvalue weighted by Gasteiger charge is -2.28. The van der Waals surface area contributed by atoms with Gasteiger partial charge in [-0.3, -0.25) is 0 Å². The summed E-state index contributed by atoms with van der Waals surface area (Å²) in [5, 5.41) is 11.5. The number of phenolic OH excluding ortho intramolecular Hbond substituents is 1. The van der Waals surface area contributed by atoms with Gasteiger partial charge in [-0.1, -0.05) is 30.3 Å². The van der Waals surface area contributed by atoms with Gasteiger partial charge >= 0.3 is 0 Å². The molecule has 1 aliphatic heterocycles. The Kier molecular flexibility index (Phi) is 4.94. The minimum atomic E-state index is 0.188. The highest BCUT2D eigenvalue weighted by atomic mass is 16.5. The van der Waals surface area contributed by atoms with Crippen molar-refractivity contribution < 1.29 is 9.84 Å². The zero-order valence-electron chi connectivity index (χ0n) is 17.7. The van der Waals surface area contributed by atoms with E-state index in [0.29, 0.717) is 11.4 Å². The first-order valence-corrected chi connectivity index (χ1v) is 10.6. The molecule has 1 atom stereocenters. The van der Waals surface area contributed by atoms with E-state index >= 15 is 0 Å². The van der Waals surface area contributed by atoms with Crippen LogP contribution >= 0.6 is 0 Å². The number of hydrogen-bond donors (Lipinski definition) is 1. The second kappa shape index (κ2) is 7.91. The van der Waals surface area contributed by atoms with Crippen LogP contribution in [0.3, 0.4) is 0 Å². The number of aromatic nitrogens is 2. The SMILES string of the molecule is COc1ccc(C2CCCN2c2nc(-c3ccccc3O)nc3cc(C)ccc23)cc1. The van der Waals surface area contributed by atoms with Gasteiger partial charge in [-0.05, 0) is 67.3 Å². The number of phenols is 1. The van der Waals surface area contributed by atoms with E-state index in [9.17, 15) is 5.11 Å². The predicted octanol–water partition coefficient (Wildman–Crippen LogP) is 5.66. The van der Waals surface area contributed by atoms with Crippen LogP contribution in [0.4, 0.5) is 5.82 Å². The van der Waals surface area contributed by atoms with Crippen LogP contribution in [-0.2, 0) is 0 Å². The van der Waals surface area contributed by atoms with Crippen LogP contribution in [-0.4, -0.2) is 28.7 Å². The molecule has 1 aliphatic rings. The van der Waals surface area contributed by atoms with Crippen molar-refractivity contribution in [3.8, 4) is 22.9 Å². The molecule has 1 fully saturated rings. The third-order valence-electron chi connectivity index (χ3n) is 6.00. The molecule has 1 unspecified atom stereocenters. The van der Waals surface area contributed by atoms with Crippen molar-refractivity contribution in [2.75, 3.05) is 18.6 Å². The molecule has 1 saturated heterocycles. The number of para-hydroxylation sites is 1. The first-order chi connectivity index (χ1) is 15.1. The van der Waals surface area contributed by atoms with Gasteiger partial charge in [0.25, 0.3) is 0 Å². The highest BCUT2D eigenvalue weighted by Gasteiger charge is 2.29. The summed E-state index contributed by atoms with van der Waals surface area (Å²) < 4.78 is 5.33. The van der Waals surface area contributed by atoms with E-state index in [4.69, 9.17) is 14.7 Å². The fourth-order valence-corrected chi connectivity index (χ4v) is 4.42. The van der Waals surface area contributed by atoms with Crippen LogP contribution in [0.1, 0.15) is 30.0 Å². The van der Waals surface area contributed by atoms with Gasteiger partial charge in [-0.25, -0.2) is 9.97 Å². The van der Waals surface area contributed by atoms with E-state index in [1.54, 1.807) is 13.2 Å². The van der Waals surface area contributed by atoms with Crippen LogP contribution in [0.2, 0.25) is 0 Å². The van der Waals surface area contributed by atoms with E-state index in [1.807, 2.05) is 30.3 Å². The monoisotopic (exact) mass is 411 g/mol. The number of ether oxygens (including phenoxy) is 1. The highest BCUT2D eigenvalue weighted by molar-refractivity contribution is 5.92. The summed E-state index contributed by atoms with van der Waals surface area (Å²) in [5.74, 6) is 2.51. The molecule has 0 amide bonds. The third kappa shape index (κ3) is 3.56. The van der Waals surface area contributed by atoms with Crippen molar-refractivity contribution in [3.63, 3.8) is 0 Å². The molecule has 5 rings (SSSR count). The van der Waals surface area contributed by atoms with Crippen LogP contribution in [0.5, 0.6) is 11.5 Å². The number of fused-ring (bicyclic) bond motifs is 1. The quantitative estimate of drug-likeness (QED) is 0.469. The topological polar surface area (TPSA) is 58.5 Å². The van der Waals surface area contributed by atoms with Crippen molar-refractivity contribution in [2.24, 2.45) is 0 Å². The van der Waals surface area contributed by atoms with Gasteiger partial charge < -0.3 is 14.7 Å². The molecule has 0 bridgehead atoms. The average Bonchev–Trinajstić information content (AvgIpc) is 3.28. The Balaban J connectivity index is 1.66. The van der Waals surface area contributed by atoms with Crippen molar-refractivity contribution in [3.05, 3.63) is 77.9 Å². The van der Waals surface area contributed by atoms with Crippen molar-refractivity contribution >= 4 is 16.7 Å². The minimum Gasteiger partial charge on any atom is -0.507 e. The van der Waals surface area contributed by atoms with Crippen LogP contribution in [0.25, 0.3) is 22.3 Å². The Bertz CT molecular complexity index is 1240. The molecule has 3 aromatic carbocycles. The Morgan fingerprint density at radius 3 is 2.58 bits per heavy atom. The molecule has 4 aromatic rings. The molecule has 1 N–H and O–H groups in total. The number of aromatic hydroxyl groups is 1. The summed E-state index contributed by atoms with van der Waals surface area (Å²) >= 11 is 0. The number of anilines is 1. The fraction of sp³-hybridized carbons (Fsp3) is 0.231. The van der Waals surface area contributed by atoms with Gasteiger partial charge in [0, 0.05) is 11.9 Å². The van der Waals surface area contributed by atoms with Crippen molar-refractivity contribution in [1.82, 2.24) is 9.97 Å².